The van der Waals surface area contributed by atoms with E-state index < -0.39 is 16.9 Å². The number of benzene rings is 1. The van der Waals surface area contributed by atoms with Crippen LogP contribution < -0.4 is 0 Å². The lowest BCUT2D eigenvalue weighted by Gasteiger charge is -1.98. The quantitative estimate of drug-likeness (QED) is 0.654. The Morgan fingerprint density at radius 2 is 1.92 bits per heavy atom. The van der Waals surface area contributed by atoms with E-state index in [9.17, 15) is 13.6 Å². The molecule has 13 heavy (non-hydrogen) atoms. The molecular weight excluding hydrogens is 200 g/mol. The molecule has 66 valence electrons. The maximum Gasteiger partial charge on any atom is 0.253 e. The first-order valence-corrected chi connectivity index (χ1v) is 3.53. The maximum atomic E-state index is 12.6. The largest absolute Gasteiger partial charge is 0.276 e. The van der Waals surface area contributed by atoms with E-state index >= 15 is 0 Å². The van der Waals surface area contributed by atoms with Crippen molar-refractivity contribution in [1.82, 2.24) is 0 Å². The molecule has 0 saturated carbocycles. The molecule has 0 aliphatic rings. The number of rotatable bonds is 1. The van der Waals surface area contributed by atoms with Gasteiger partial charge in [0.2, 0.25) is 0 Å². The van der Waals surface area contributed by atoms with Crippen LogP contribution in [0.1, 0.15) is 15.9 Å². The molecule has 0 aromatic heterocycles. The van der Waals surface area contributed by atoms with E-state index in [1.165, 1.54) is 6.07 Å². The third-order valence-electron chi connectivity index (χ3n) is 1.39. The Hall–Kier alpha value is -1.47. The molecule has 1 aromatic rings. The van der Waals surface area contributed by atoms with Crippen molar-refractivity contribution in [2.45, 2.75) is 0 Å². The predicted octanol–water partition coefficient (Wildman–Crippen LogP) is 2.22. The number of nitrogens with zero attached hydrogens (tertiary/aromatic N) is 1. The smallest absolute Gasteiger partial charge is 0.253 e. The molecule has 0 aliphatic carbocycles. The van der Waals surface area contributed by atoms with Crippen LogP contribution in [0, 0.1) is 23.0 Å². The highest BCUT2D eigenvalue weighted by atomic mass is 35.5. The van der Waals surface area contributed by atoms with Crippen LogP contribution in [-0.4, -0.2) is 5.24 Å². The standard InChI is InChI=1S/C8H2ClF2NO/c9-8(13)5-2-7(11)6(10)1-4(5)3-12/h1-2H. The fourth-order valence-electron chi connectivity index (χ4n) is 0.802. The third-order valence-corrected chi connectivity index (χ3v) is 1.60. The van der Waals surface area contributed by atoms with Crippen molar-refractivity contribution in [2.75, 3.05) is 0 Å². The fourth-order valence-corrected chi connectivity index (χ4v) is 0.958. The van der Waals surface area contributed by atoms with Crippen LogP contribution in [0.5, 0.6) is 0 Å². The Morgan fingerprint density at radius 1 is 1.38 bits per heavy atom. The van der Waals surface area contributed by atoms with Crippen LogP contribution in [0.2, 0.25) is 0 Å². The summed E-state index contributed by atoms with van der Waals surface area (Å²) in [7, 11) is 0. The topological polar surface area (TPSA) is 40.9 Å². The number of carbonyl (C=O) groups is 1. The predicted molar refractivity (Wildman–Crippen MR) is 41.3 cm³/mol. The summed E-state index contributed by atoms with van der Waals surface area (Å²) in [5.41, 5.74) is -0.609. The third kappa shape index (κ3) is 1.82. The average molecular weight is 202 g/mol. The summed E-state index contributed by atoms with van der Waals surface area (Å²) in [4.78, 5) is 10.6. The van der Waals surface area contributed by atoms with Gasteiger partial charge in [0.15, 0.2) is 11.6 Å². The summed E-state index contributed by atoms with van der Waals surface area (Å²) in [6, 6.07) is 2.76. The lowest BCUT2D eigenvalue weighted by atomic mass is 10.1. The maximum absolute atomic E-state index is 12.6. The Labute approximate surface area is 77.3 Å². The van der Waals surface area contributed by atoms with E-state index in [1.807, 2.05) is 0 Å². The van der Waals surface area contributed by atoms with Crippen LogP contribution in [0.4, 0.5) is 8.78 Å². The van der Waals surface area contributed by atoms with Crippen LogP contribution in [0.25, 0.3) is 0 Å². The van der Waals surface area contributed by atoms with Crippen LogP contribution in [0.3, 0.4) is 0 Å². The highest BCUT2D eigenvalue weighted by Crippen LogP contribution is 2.15. The minimum atomic E-state index is -1.21. The molecule has 0 saturated heterocycles. The monoisotopic (exact) mass is 201 g/mol. The van der Waals surface area contributed by atoms with Gasteiger partial charge in [-0.1, -0.05) is 0 Å². The first-order chi connectivity index (χ1) is 6.06. The van der Waals surface area contributed by atoms with E-state index in [1.54, 1.807) is 0 Å². The van der Waals surface area contributed by atoms with E-state index in [2.05, 4.69) is 0 Å². The molecule has 0 fully saturated rings. The van der Waals surface area contributed by atoms with Crippen molar-refractivity contribution < 1.29 is 13.6 Å². The Bertz CT molecular complexity index is 411. The molecule has 2 nitrogen and oxygen atoms in total. The average Bonchev–Trinajstić information content (AvgIpc) is 2.08. The second kappa shape index (κ2) is 3.50. The van der Waals surface area contributed by atoms with Crippen molar-refractivity contribution in [2.24, 2.45) is 0 Å². The fraction of sp³-hybridized carbons (Fsp3) is 0. The molecule has 0 bridgehead atoms. The van der Waals surface area contributed by atoms with Crippen LogP contribution >= 0.6 is 11.6 Å². The summed E-state index contributed by atoms with van der Waals surface area (Å²) in [5.74, 6) is -2.39. The van der Waals surface area contributed by atoms with Gasteiger partial charge in [0.1, 0.15) is 6.07 Å². The van der Waals surface area contributed by atoms with E-state index in [-0.39, 0.29) is 11.1 Å². The minimum Gasteiger partial charge on any atom is -0.276 e. The van der Waals surface area contributed by atoms with Gasteiger partial charge in [-0.25, -0.2) is 8.78 Å². The van der Waals surface area contributed by atoms with Gasteiger partial charge in [0.05, 0.1) is 11.1 Å². The number of carbonyl (C=O) groups excluding carboxylic acids is 1. The minimum absolute atomic E-state index is 0.279. The van der Waals surface area contributed by atoms with Gasteiger partial charge < -0.3 is 0 Å². The number of hydrogen-bond acceptors (Lipinski definition) is 2. The molecule has 0 heterocycles. The lowest BCUT2D eigenvalue weighted by Crippen LogP contribution is -1.97. The van der Waals surface area contributed by atoms with E-state index in [4.69, 9.17) is 16.9 Å². The van der Waals surface area contributed by atoms with Gasteiger partial charge in [-0.15, -0.1) is 0 Å². The van der Waals surface area contributed by atoms with Crippen molar-refractivity contribution in [3.05, 3.63) is 34.9 Å². The van der Waals surface area contributed by atoms with Crippen molar-refractivity contribution in [3.8, 4) is 6.07 Å². The molecule has 0 radical (unpaired) electrons. The summed E-state index contributed by atoms with van der Waals surface area (Å²) < 4.78 is 25.1. The SMILES string of the molecule is N#Cc1cc(F)c(F)cc1C(=O)Cl. The second-order valence-electron chi connectivity index (χ2n) is 2.20. The molecular formula is C8H2ClF2NO. The number of hydrogen-bond donors (Lipinski definition) is 0. The first kappa shape index (κ1) is 9.62. The molecule has 5 heteroatoms. The van der Waals surface area contributed by atoms with E-state index in [0.29, 0.717) is 12.1 Å². The molecule has 0 aliphatic heterocycles. The highest BCUT2D eigenvalue weighted by molar-refractivity contribution is 6.68. The molecule has 0 N–H and O–H groups in total. The van der Waals surface area contributed by atoms with Gasteiger partial charge in [-0.3, -0.25) is 4.79 Å². The normalized spacial score (nSPS) is 9.38. The molecule has 1 aromatic carbocycles. The number of halogens is 3. The summed E-state index contributed by atoms with van der Waals surface area (Å²) >= 11 is 5.03. The Kier molecular flexibility index (Phi) is 2.59. The second-order valence-corrected chi connectivity index (χ2v) is 2.54. The van der Waals surface area contributed by atoms with Crippen LogP contribution in [-0.2, 0) is 0 Å². The lowest BCUT2D eigenvalue weighted by molar-refractivity contribution is 0.108. The van der Waals surface area contributed by atoms with Crippen molar-refractivity contribution in [1.29, 1.82) is 5.26 Å². The summed E-state index contributed by atoms with van der Waals surface area (Å²) in [6.07, 6.45) is 0. The highest BCUT2D eigenvalue weighted by Gasteiger charge is 2.13. The van der Waals surface area contributed by atoms with Crippen LogP contribution in [0.15, 0.2) is 12.1 Å². The zero-order valence-corrected chi connectivity index (χ0v) is 6.90. The van der Waals surface area contributed by atoms with Gasteiger partial charge in [-0.05, 0) is 23.7 Å². The van der Waals surface area contributed by atoms with Gasteiger partial charge in [0, 0.05) is 0 Å². The number of nitriles is 1. The molecule has 0 atom stereocenters. The Balaban J connectivity index is 3.44. The zero-order chi connectivity index (χ0) is 10.0. The summed E-state index contributed by atoms with van der Waals surface area (Å²) in [5, 5.41) is 7.44. The zero-order valence-electron chi connectivity index (χ0n) is 6.14. The summed E-state index contributed by atoms with van der Waals surface area (Å²) in [6.45, 7) is 0. The first-order valence-electron chi connectivity index (χ1n) is 3.15. The van der Waals surface area contributed by atoms with Gasteiger partial charge >= 0.3 is 0 Å². The Morgan fingerprint density at radius 3 is 2.38 bits per heavy atom. The molecule has 1 rings (SSSR count). The van der Waals surface area contributed by atoms with Gasteiger partial charge in [0.25, 0.3) is 5.24 Å². The van der Waals surface area contributed by atoms with Crippen molar-refractivity contribution in [3.63, 3.8) is 0 Å². The molecule has 0 spiro atoms. The molecule has 0 unspecified atom stereocenters. The molecule has 0 amide bonds. The van der Waals surface area contributed by atoms with Gasteiger partial charge in [-0.2, -0.15) is 5.26 Å². The van der Waals surface area contributed by atoms with E-state index in [0.717, 1.165) is 0 Å². The van der Waals surface area contributed by atoms with Crippen molar-refractivity contribution >= 4 is 16.8 Å².